The summed E-state index contributed by atoms with van der Waals surface area (Å²) in [5.41, 5.74) is -2.26. The molecule has 29 heavy (non-hydrogen) atoms. The van der Waals surface area contributed by atoms with Crippen LogP contribution in [0.1, 0.15) is 5.56 Å². The molecule has 6 nitrogen and oxygen atoms in total. The second-order valence-corrected chi connectivity index (χ2v) is 7.40. The van der Waals surface area contributed by atoms with E-state index in [1.807, 2.05) is 0 Å². The van der Waals surface area contributed by atoms with E-state index in [2.05, 4.69) is 9.97 Å². The van der Waals surface area contributed by atoms with Crippen LogP contribution in [0.3, 0.4) is 0 Å². The first kappa shape index (κ1) is 20.6. The summed E-state index contributed by atoms with van der Waals surface area (Å²) < 4.78 is 97.2. The lowest BCUT2D eigenvalue weighted by molar-refractivity contribution is -0.140. The first-order valence-electron chi connectivity index (χ1n) is 7.80. The molecule has 3 aromatic rings. The van der Waals surface area contributed by atoms with E-state index in [-0.39, 0.29) is 22.7 Å². The predicted octanol–water partition coefficient (Wildman–Crippen LogP) is 4.18. The second-order valence-electron chi connectivity index (χ2n) is 5.72. The van der Waals surface area contributed by atoms with Crippen molar-refractivity contribution in [1.29, 1.82) is 0 Å². The lowest BCUT2D eigenvalue weighted by Gasteiger charge is -2.12. The van der Waals surface area contributed by atoms with E-state index < -0.39 is 39.1 Å². The van der Waals surface area contributed by atoms with Crippen LogP contribution < -0.4 is 9.46 Å². The van der Waals surface area contributed by atoms with Gasteiger partial charge in [0.15, 0.2) is 0 Å². The number of halogens is 5. The Hall–Kier alpha value is -3.15. The quantitative estimate of drug-likeness (QED) is 0.592. The Kier molecular flexibility index (Phi) is 5.22. The number of hydrogen-bond acceptors (Lipinski definition) is 4. The molecule has 154 valence electrons. The lowest BCUT2D eigenvalue weighted by Crippen LogP contribution is -2.15. The number of hydrogen-bond donors (Lipinski definition) is 2. The molecule has 2 heterocycles. The number of aromatic nitrogens is 2. The Labute approximate surface area is 161 Å². The summed E-state index contributed by atoms with van der Waals surface area (Å²) in [5.74, 6) is -3.05. The zero-order valence-corrected chi connectivity index (χ0v) is 15.3. The Morgan fingerprint density at radius 1 is 1.14 bits per heavy atom. The number of nitrogens with one attached hydrogen (secondary N) is 2. The predicted molar refractivity (Wildman–Crippen MR) is 92.7 cm³/mol. The molecule has 0 amide bonds. The van der Waals surface area contributed by atoms with E-state index in [0.29, 0.717) is 11.4 Å². The molecular formula is C17H12F5N3O3S. The van der Waals surface area contributed by atoms with E-state index in [9.17, 15) is 30.4 Å². The summed E-state index contributed by atoms with van der Waals surface area (Å²) in [7, 11) is -3.05. The normalized spacial score (nSPS) is 12.1. The molecule has 0 aliphatic carbocycles. The van der Waals surface area contributed by atoms with Crippen LogP contribution in [-0.2, 0) is 16.2 Å². The van der Waals surface area contributed by atoms with Crippen molar-refractivity contribution < 1.29 is 35.1 Å². The summed E-state index contributed by atoms with van der Waals surface area (Å²) in [4.78, 5) is 6.36. The third-order valence-corrected chi connectivity index (χ3v) is 5.16. The fraction of sp³-hybridized carbons (Fsp3) is 0.118. The minimum absolute atomic E-state index is 0.117. The molecule has 0 atom stereocenters. The monoisotopic (exact) mass is 433 g/mol. The topological polar surface area (TPSA) is 84.1 Å². The number of alkyl halides is 3. The molecule has 2 N–H and O–H groups in total. The van der Waals surface area contributed by atoms with E-state index in [0.717, 1.165) is 12.3 Å². The molecule has 12 heteroatoms. The summed E-state index contributed by atoms with van der Waals surface area (Å²) in [6.45, 7) is 0. The number of aromatic amines is 1. The summed E-state index contributed by atoms with van der Waals surface area (Å²) >= 11 is 0. The first-order chi connectivity index (χ1) is 13.5. The SMILES string of the molecule is COc1cccnc1-c1cc(S(=O)(=O)Nc2cc(F)c(C(F)(F)F)cc2F)c[nH]1. The van der Waals surface area contributed by atoms with Crippen LogP contribution in [0.2, 0.25) is 0 Å². The third kappa shape index (κ3) is 4.16. The van der Waals surface area contributed by atoms with Crippen molar-refractivity contribution in [3.63, 3.8) is 0 Å². The molecule has 0 radical (unpaired) electrons. The van der Waals surface area contributed by atoms with Crippen LogP contribution in [0.5, 0.6) is 5.75 Å². The van der Waals surface area contributed by atoms with Crippen LogP contribution in [0.4, 0.5) is 27.6 Å². The fourth-order valence-corrected chi connectivity index (χ4v) is 3.52. The van der Waals surface area contributed by atoms with Crippen LogP contribution in [0, 0.1) is 11.6 Å². The zero-order valence-electron chi connectivity index (χ0n) is 14.5. The van der Waals surface area contributed by atoms with Gasteiger partial charge in [0.05, 0.1) is 24.1 Å². The van der Waals surface area contributed by atoms with Gasteiger partial charge in [0.1, 0.15) is 28.0 Å². The van der Waals surface area contributed by atoms with Crippen LogP contribution in [-0.4, -0.2) is 25.5 Å². The average molecular weight is 433 g/mol. The van der Waals surface area contributed by atoms with Gasteiger partial charge in [-0.2, -0.15) is 13.2 Å². The zero-order chi connectivity index (χ0) is 21.4. The second kappa shape index (κ2) is 7.35. The van der Waals surface area contributed by atoms with Gasteiger partial charge in [-0.3, -0.25) is 9.71 Å². The highest BCUT2D eigenvalue weighted by atomic mass is 32.2. The number of nitrogens with zero attached hydrogens (tertiary/aromatic N) is 1. The summed E-state index contributed by atoms with van der Waals surface area (Å²) in [5, 5.41) is 0. The molecule has 3 rings (SSSR count). The van der Waals surface area contributed by atoms with Crippen molar-refractivity contribution in [2.75, 3.05) is 11.8 Å². The third-order valence-electron chi connectivity index (χ3n) is 3.82. The fourth-order valence-electron chi connectivity index (χ4n) is 2.47. The first-order valence-corrected chi connectivity index (χ1v) is 9.28. The van der Waals surface area contributed by atoms with Gasteiger partial charge in [-0.05, 0) is 24.3 Å². The van der Waals surface area contributed by atoms with Crippen LogP contribution >= 0.6 is 0 Å². The minimum Gasteiger partial charge on any atom is -0.494 e. The Morgan fingerprint density at radius 3 is 2.52 bits per heavy atom. The highest BCUT2D eigenvalue weighted by molar-refractivity contribution is 7.92. The van der Waals surface area contributed by atoms with Crippen molar-refractivity contribution in [3.8, 4) is 17.1 Å². The van der Waals surface area contributed by atoms with Crippen molar-refractivity contribution >= 4 is 15.7 Å². The molecule has 2 aromatic heterocycles. The van der Waals surface area contributed by atoms with E-state index in [1.54, 1.807) is 16.9 Å². The van der Waals surface area contributed by atoms with Crippen LogP contribution in [0.25, 0.3) is 11.4 Å². The molecule has 0 spiro atoms. The Morgan fingerprint density at radius 2 is 1.86 bits per heavy atom. The number of H-pyrrole nitrogens is 1. The standard InChI is InChI=1S/C17H12F5N3O3S/c1-28-15-3-2-4-23-16(15)14-5-9(8-24-14)29(26,27)25-13-7-11(18)10(6-12(13)19)17(20,21)22/h2-8,24-25H,1H3. The summed E-state index contributed by atoms with van der Waals surface area (Å²) in [6, 6.07) is 4.37. The molecule has 0 aliphatic heterocycles. The van der Waals surface area contributed by atoms with Gasteiger partial charge in [0.25, 0.3) is 10.0 Å². The molecule has 0 aliphatic rings. The number of rotatable bonds is 5. The van der Waals surface area contributed by atoms with Gasteiger partial charge < -0.3 is 9.72 Å². The van der Waals surface area contributed by atoms with Gasteiger partial charge in [0, 0.05) is 18.5 Å². The molecular weight excluding hydrogens is 421 g/mol. The maximum atomic E-state index is 13.9. The Balaban J connectivity index is 1.94. The highest BCUT2D eigenvalue weighted by Crippen LogP contribution is 2.34. The number of pyridine rings is 1. The van der Waals surface area contributed by atoms with Gasteiger partial charge in [-0.15, -0.1) is 0 Å². The molecule has 0 unspecified atom stereocenters. The largest absolute Gasteiger partial charge is 0.494 e. The van der Waals surface area contributed by atoms with E-state index in [1.165, 1.54) is 13.3 Å². The summed E-state index contributed by atoms with van der Waals surface area (Å²) in [6.07, 6.45) is -2.62. The number of ether oxygens (including phenoxy) is 1. The van der Waals surface area contributed by atoms with E-state index >= 15 is 0 Å². The molecule has 0 fully saturated rings. The van der Waals surface area contributed by atoms with Gasteiger partial charge in [0.2, 0.25) is 0 Å². The molecule has 0 saturated carbocycles. The van der Waals surface area contributed by atoms with E-state index in [4.69, 9.17) is 4.74 Å². The molecule has 0 bridgehead atoms. The number of sulfonamides is 1. The Bertz CT molecular complexity index is 1160. The minimum atomic E-state index is -5.13. The molecule has 1 aromatic carbocycles. The van der Waals surface area contributed by atoms with Crippen molar-refractivity contribution in [3.05, 3.63) is 59.9 Å². The van der Waals surface area contributed by atoms with Crippen molar-refractivity contribution in [1.82, 2.24) is 9.97 Å². The maximum absolute atomic E-state index is 13.9. The van der Waals surface area contributed by atoms with Crippen molar-refractivity contribution in [2.45, 2.75) is 11.1 Å². The smallest absolute Gasteiger partial charge is 0.419 e. The maximum Gasteiger partial charge on any atom is 0.419 e. The van der Waals surface area contributed by atoms with Crippen LogP contribution in [0.15, 0.2) is 47.6 Å². The number of benzene rings is 1. The van der Waals surface area contributed by atoms with Gasteiger partial charge >= 0.3 is 6.18 Å². The molecule has 0 saturated heterocycles. The average Bonchev–Trinajstić information content (AvgIpc) is 3.14. The number of anilines is 1. The number of methoxy groups -OCH3 is 1. The van der Waals surface area contributed by atoms with Crippen molar-refractivity contribution in [2.24, 2.45) is 0 Å². The van der Waals surface area contributed by atoms with Gasteiger partial charge in [-0.25, -0.2) is 17.2 Å². The van der Waals surface area contributed by atoms with Gasteiger partial charge in [-0.1, -0.05) is 0 Å². The highest BCUT2D eigenvalue weighted by Gasteiger charge is 2.35. The lowest BCUT2D eigenvalue weighted by atomic mass is 10.2.